The van der Waals surface area contributed by atoms with Gasteiger partial charge in [-0.2, -0.15) is 0 Å². The Hall–Kier alpha value is -2.92. The lowest BCUT2D eigenvalue weighted by molar-refractivity contribution is -0.134. The average Bonchev–Trinajstić information content (AvgIpc) is 3.18. The maximum atomic E-state index is 10.6. The van der Waals surface area contributed by atoms with Gasteiger partial charge in [-0.15, -0.1) is 6.58 Å². The molecule has 302 valence electrons. The molecule has 2 aromatic rings. The number of aryl methyl sites for hydroxylation is 1. The lowest BCUT2D eigenvalue weighted by Gasteiger charge is -2.38. The van der Waals surface area contributed by atoms with Gasteiger partial charge in [-0.3, -0.25) is 9.59 Å². The fraction of sp³-hybridized carbons (Fsp3) is 0.673. The molecule has 0 atom stereocenters. The number of benzene rings is 2. The number of aliphatic hydroxyl groups is 1. The number of allylic oxidation sites excluding steroid dienone is 1. The summed E-state index contributed by atoms with van der Waals surface area (Å²) in [7, 11) is 0. The molecule has 0 amide bonds. The van der Waals surface area contributed by atoms with Crippen molar-refractivity contribution in [1.29, 1.82) is 0 Å². The minimum absolute atomic E-state index is 0.111. The SMILES string of the molecule is C=C(C)C.C=C(C)CO.CCCCCc1ccc2cc(C3CCC(C4CCC(CCC5CCC(CC(COC=O)COC=O)CC5)CC4)CC3)ccc2c1. The Morgan fingerprint density at radius 2 is 1.20 bits per heavy atom. The first-order chi connectivity index (χ1) is 26.1. The van der Waals surface area contributed by atoms with Crippen LogP contribution in [0.1, 0.15) is 160 Å². The van der Waals surface area contributed by atoms with Gasteiger partial charge < -0.3 is 14.6 Å². The van der Waals surface area contributed by atoms with E-state index in [1.54, 1.807) is 12.5 Å². The molecule has 54 heavy (non-hydrogen) atoms. The van der Waals surface area contributed by atoms with Crippen molar-refractivity contribution >= 4 is 23.7 Å². The Kier molecular flexibility index (Phi) is 21.9. The second kappa shape index (κ2) is 26.0. The van der Waals surface area contributed by atoms with Crippen molar-refractivity contribution < 1.29 is 24.2 Å². The molecule has 0 radical (unpaired) electrons. The third-order valence-corrected chi connectivity index (χ3v) is 12.5. The summed E-state index contributed by atoms with van der Waals surface area (Å²) in [5, 5.41) is 10.9. The number of carbonyl (C=O) groups excluding carboxylic acids is 2. The molecule has 3 aliphatic rings. The summed E-state index contributed by atoms with van der Waals surface area (Å²) >= 11 is 0. The fourth-order valence-electron chi connectivity index (χ4n) is 9.41. The van der Waals surface area contributed by atoms with Crippen LogP contribution in [0.25, 0.3) is 10.8 Å². The molecule has 0 unspecified atom stereocenters. The summed E-state index contributed by atoms with van der Waals surface area (Å²) < 4.78 is 9.96. The molecule has 0 spiro atoms. The van der Waals surface area contributed by atoms with Gasteiger partial charge in [0.1, 0.15) is 0 Å². The average molecular weight is 745 g/mol. The zero-order valence-corrected chi connectivity index (χ0v) is 34.7. The first-order valence-electron chi connectivity index (χ1n) is 21.7. The summed E-state index contributed by atoms with van der Waals surface area (Å²) in [6, 6.07) is 14.5. The molecule has 5 heteroatoms. The molecule has 1 N–H and O–H groups in total. The lowest BCUT2D eigenvalue weighted by atomic mass is 9.67. The summed E-state index contributed by atoms with van der Waals surface area (Å²) in [6.07, 6.45) is 25.6. The smallest absolute Gasteiger partial charge is 0.293 e. The van der Waals surface area contributed by atoms with Crippen molar-refractivity contribution in [2.45, 2.75) is 156 Å². The van der Waals surface area contributed by atoms with E-state index in [1.165, 1.54) is 137 Å². The molecule has 0 aliphatic heterocycles. The zero-order valence-electron chi connectivity index (χ0n) is 34.7. The van der Waals surface area contributed by atoms with Crippen LogP contribution in [0, 0.1) is 35.5 Å². The number of fused-ring (bicyclic) bond motifs is 1. The normalized spacial score (nSPS) is 24.0. The minimum Gasteiger partial charge on any atom is -0.467 e. The van der Waals surface area contributed by atoms with Gasteiger partial charge in [-0.1, -0.05) is 125 Å². The van der Waals surface area contributed by atoms with Gasteiger partial charge in [0.25, 0.3) is 12.9 Å². The number of carbonyl (C=O) groups is 2. The molecule has 0 aromatic heterocycles. The van der Waals surface area contributed by atoms with E-state index in [0.29, 0.717) is 32.1 Å². The Morgan fingerprint density at radius 1 is 0.722 bits per heavy atom. The third kappa shape index (κ3) is 17.3. The summed E-state index contributed by atoms with van der Waals surface area (Å²) in [5.74, 6) is 5.30. The first kappa shape index (κ1) is 45.5. The monoisotopic (exact) mass is 745 g/mol. The number of aliphatic hydroxyl groups excluding tert-OH is 1. The van der Waals surface area contributed by atoms with Gasteiger partial charge in [0.2, 0.25) is 0 Å². The Labute approximate surface area is 329 Å². The van der Waals surface area contributed by atoms with Gasteiger partial charge in [0.05, 0.1) is 19.8 Å². The van der Waals surface area contributed by atoms with E-state index in [0.717, 1.165) is 41.6 Å². The summed E-state index contributed by atoms with van der Waals surface area (Å²) in [6.45, 7) is 16.8. The first-order valence-corrected chi connectivity index (χ1v) is 21.7. The molecule has 0 saturated heterocycles. The van der Waals surface area contributed by atoms with E-state index in [2.05, 4.69) is 56.5 Å². The lowest BCUT2D eigenvalue weighted by Crippen LogP contribution is -2.26. The van der Waals surface area contributed by atoms with E-state index >= 15 is 0 Å². The van der Waals surface area contributed by atoms with Crippen LogP contribution in [-0.4, -0.2) is 37.9 Å². The molecule has 5 nitrogen and oxygen atoms in total. The Bertz CT molecular complexity index is 1340. The maximum Gasteiger partial charge on any atom is 0.293 e. The van der Waals surface area contributed by atoms with Crippen molar-refractivity contribution in [2.24, 2.45) is 35.5 Å². The highest BCUT2D eigenvalue weighted by Crippen LogP contribution is 2.45. The van der Waals surface area contributed by atoms with Crippen LogP contribution in [0.4, 0.5) is 0 Å². The zero-order chi connectivity index (χ0) is 39.1. The minimum atomic E-state index is 0.111. The van der Waals surface area contributed by atoms with Gasteiger partial charge >= 0.3 is 0 Å². The van der Waals surface area contributed by atoms with E-state index in [4.69, 9.17) is 14.6 Å². The van der Waals surface area contributed by atoms with Crippen LogP contribution in [-0.2, 0) is 25.5 Å². The van der Waals surface area contributed by atoms with Crippen LogP contribution in [0.3, 0.4) is 0 Å². The van der Waals surface area contributed by atoms with Gasteiger partial charge in [0.15, 0.2) is 0 Å². The quantitative estimate of drug-likeness (QED) is 0.0934. The van der Waals surface area contributed by atoms with Crippen LogP contribution in [0.5, 0.6) is 0 Å². The molecular weight excluding hydrogens is 669 g/mol. The molecule has 0 bridgehead atoms. The van der Waals surface area contributed by atoms with E-state index in [-0.39, 0.29) is 12.5 Å². The van der Waals surface area contributed by atoms with Crippen molar-refractivity contribution in [3.63, 3.8) is 0 Å². The molecule has 0 heterocycles. The largest absolute Gasteiger partial charge is 0.467 e. The van der Waals surface area contributed by atoms with Gasteiger partial charge in [0, 0.05) is 5.92 Å². The molecular formula is C49H76O5. The van der Waals surface area contributed by atoms with Crippen LogP contribution in [0.15, 0.2) is 60.7 Å². The second-order valence-electron chi connectivity index (χ2n) is 17.5. The van der Waals surface area contributed by atoms with Crippen molar-refractivity contribution in [2.75, 3.05) is 19.8 Å². The fourth-order valence-corrected chi connectivity index (χ4v) is 9.41. The van der Waals surface area contributed by atoms with E-state index < -0.39 is 0 Å². The predicted molar refractivity (Wildman–Crippen MR) is 227 cm³/mol. The van der Waals surface area contributed by atoms with Gasteiger partial charge in [-0.25, -0.2) is 0 Å². The molecule has 3 fully saturated rings. The molecule has 3 saturated carbocycles. The Balaban J connectivity index is 0.000000782. The standard InChI is InChI=1S/C41H60O4.C4H8O.C4H8/c1-2-3-4-5-33-14-17-41-26-40(23-22-39(41)25-33)38-20-18-37(19-21-38)36-15-12-32(13-16-36)7-6-31-8-10-34(11-9-31)24-35(27-44-29-42)28-45-30-43;1-4(2)3-5;1-4(2)3/h14,17,22-23,25-26,29-32,34-38H,2-13,15-16,18-21,24,27-28H2,1H3;5H,1,3H2,2H3;1H2,2-3H3. The van der Waals surface area contributed by atoms with Crippen molar-refractivity contribution in [3.05, 3.63) is 71.8 Å². The molecule has 2 aromatic carbocycles. The number of hydrogen-bond acceptors (Lipinski definition) is 5. The maximum absolute atomic E-state index is 10.6. The summed E-state index contributed by atoms with van der Waals surface area (Å²) in [5.41, 5.74) is 5.05. The second-order valence-corrected chi connectivity index (χ2v) is 17.5. The topological polar surface area (TPSA) is 72.8 Å². The van der Waals surface area contributed by atoms with Crippen LogP contribution < -0.4 is 0 Å². The highest BCUT2D eigenvalue weighted by atomic mass is 16.5. The third-order valence-electron chi connectivity index (χ3n) is 12.5. The van der Waals surface area contributed by atoms with Crippen LogP contribution >= 0.6 is 0 Å². The van der Waals surface area contributed by atoms with E-state index in [9.17, 15) is 9.59 Å². The summed E-state index contributed by atoms with van der Waals surface area (Å²) in [4.78, 5) is 21.2. The Morgan fingerprint density at radius 3 is 1.72 bits per heavy atom. The highest BCUT2D eigenvalue weighted by Gasteiger charge is 2.32. The van der Waals surface area contributed by atoms with Gasteiger partial charge in [-0.05, 0) is 136 Å². The number of rotatable bonds is 18. The number of ether oxygens (including phenoxy) is 2. The number of unbranched alkanes of at least 4 members (excludes halogenated alkanes) is 2. The van der Waals surface area contributed by atoms with Crippen molar-refractivity contribution in [1.82, 2.24) is 0 Å². The predicted octanol–water partition coefficient (Wildman–Crippen LogP) is 12.7. The van der Waals surface area contributed by atoms with Crippen molar-refractivity contribution in [3.8, 4) is 0 Å². The molecule has 3 aliphatic carbocycles. The number of hydrogen-bond donors (Lipinski definition) is 1. The van der Waals surface area contributed by atoms with E-state index in [1.807, 2.05) is 13.8 Å². The molecule has 5 rings (SSSR count). The highest BCUT2D eigenvalue weighted by molar-refractivity contribution is 5.84. The van der Waals surface area contributed by atoms with Crippen LogP contribution in [0.2, 0.25) is 0 Å².